The topological polar surface area (TPSA) is 58.9 Å². The first-order valence-electron chi connectivity index (χ1n) is 6.16. The van der Waals surface area contributed by atoms with Gasteiger partial charge in [-0.25, -0.2) is 4.98 Å². The molecule has 19 heavy (non-hydrogen) atoms. The molecule has 0 spiro atoms. The van der Waals surface area contributed by atoms with E-state index in [9.17, 15) is 4.79 Å². The van der Waals surface area contributed by atoms with Gasteiger partial charge < -0.3 is 15.2 Å². The molecule has 0 saturated carbocycles. The fourth-order valence-electron chi connectivity index (χ4n) is 1.78. The maximum absolute atomic E-state index is 12.0. The minimum absolute atomic E-state index is 0.199. The summed E-state index contributed by atoms with van der Waals surface area (Å²) in [6.07, 6.45) is 3.30. The third-order valence-corrected chi connectivity index (χ3v) is 3.02. The van der Waals surface area contributed by atoms with E-state index in [-0.39, 0.29) is 11.9 Å². The Bertz CT molecular complexity index is 576. The van der Waals surface area contributed by atoms with E-state index in [0.29, 0.717) is 5.69 Å². The van der Waals surface area contributed by atoms with Crippen molar-refractivity contribution < 1.29 is 4.79 Å². The number of nitrogens with zero attached hydrogens (tertiary/aromatic N) is 2. The van der Waals surface area contributed by atoms with Crippen molar-refractivity contribution >= 4 is 11.6 Å². The van der Waals surface area contributed by atoms with Crippen LogP contribution in [0.25, 0.3) is 0 Å². The van der Waals surface area contributed by atoms with Crippen LogP contribution in [-0.2, 0) is 7.05 Å². The maximum atomic E-state index is 12.0. The van der Waals surface area contributed by atoms with Gasteiger partial charge in [-0.05, 0) is 31.7 Å². The van der Waals surface area contributed by atoms with Crippen LogP contribution in [0.15, 0.2) is 36.8 Å². The monoisotopic (exact) mass is 258 g/mol. The molecule has 5 nitrogen and oxygen atoms in total. The minimum atomic E-state index is -0.199. The van der Waals surface area contributed by atoms with Gasteiger partial charge in [0.1, 0.15) is 5.69 Å². The van der Waals surface area contributed by atoms with Crippen LogP contribution in [0.1, 0.15) is 29.0 Å². The Balaban J connectivity index is 2.13. The number of hydrogen-bond acceptors (Lipinski definition) is 3. The number of carbonyl (C=O) groups excluding carboxylic acids is 1. The van der Waals surface area contributed by atoms with Crippen LogP contribution >= 0.6 is 0 Å². The summed E-state index contributed by atoms with van der Waals surface area (Å²) in [6.45, 7) is 2.07. The summed E-state index contributed by atoms with van der Waals surface area (Å²) in [5, 5.41) is 6.02. The van der Waals surface area contributed by atoms with Crippen LogP contribution in [0.4, 0.5) is 5.69 Å². The molecule has 1 amide bonds. The van der Waals surface area contributed by atoms with Gasteiger partial charge in [0.15, 0.2) is 0 Å². The highest BCUT2D eigenvalue weighted by atomic mass is 16.1. The molecule has 0 aliphatic heterocycles. The predicted molar refractivity (Wildman–Crippen MR) is 75.1 cm³/mol. The van der Waals surface area contributed by atoms with E-state index >= 15 is 0 Å². The molecular weight excluding hydrogens is 240 g/mol. The van der Waals surface area contributed by atoms with E-state index in [4.69, 9.17) is 0 Å². The van der Waals surface area contributed by atoms with Crippen LogP contribution in [0.3, 0.4) is 0 Å². The first-order valence-corrected chi connectivity index (χ1v) is 6.16. The lowest BCUT2D eigenvalue weighted by atomic mass is 10.1. The van der Waals surface area contributed by atoms with Gasteiger partial charge in [-0.1, -0.05) is 12.1 Å². The van der Waals surface area contributed by atoms with Crippen molar-refractivity contribution in [1.82, 2.24) is 14.9 Å². The smallest absolute Gasteiger partial charge is 0.275 e. The molecule has 0 aliphatic rings. The molecule has 0 aliphatic carbocycles. The van der Waals surface area contributed by atoms with Gasteiger partial charge in [0.2, 0.25) is 0 Å². The third kappa shape index (κ3) is 3.20. The van der Waals surface area contributed by atoms with Crippen LogP contribution in [0.2, 0.25) is 0 Å². The van der Waals surface area contributed by atoms with Crippen LogP contribution < -0.4 is 10.6 Å². The maximum Gasteiger partial charge on any atom is 0.275 e. The molecular formula is C14H18N4O. The Hall–Kier alpha value is -2.14. The Morgan fingerprint density at radius 2 is 2.21 bits per heavy atom. The molecule has 2 rings (SSSR count). The zero-order valence-electron chi connectivity index (χ0n) is 11.3. The molecule has 1 heterocycles. The van der Waals surface area contributed by atoms with Gasteiger partial charge in [-0.15, -0.1) is 0 Å². The number of amides is 1. The van der Waals surface area contributed by atoms with Crippen LogP contribution in [0, 0.1) is 0 Å². The van der Waals surface area contributed by atoms with Crippen molar-refractivity contribution in [2.45, 2.75) is 13.0 Å². The Morgan fingerprint density at radius 1 is 1.42 bits per heavy atom. The predicted octanol–water partition coefficient (Wildman–Crippen LogP) is 1.95. The Kier molecular flexibility index (Phi) is 3.97. The second kappa shape index (κ2) is 5.67. The number of anilines is 1. The highest BCUT2D eigenvalue weighted by Crippen LogP contribution is 2.17. The number of benzene rings is 1. The van der Waals surface area contributed by atoms with Gasteiger partial charge in [0.05, 0.1) is 6.33 Å². The summed E-state index contributed by atoms with van der Waals surface area (Å²) in [7, 11) is 3.74. The molecule has 1 unspecified atom stereocenters. The fourth-order valence-corrected chi connectivity index (χ4v) is 1.78. The molecule has 0 saturated heterocycles. The number of aromatic nitrogens is 2. The summed E-state index contributed by atoms with van der Waals surface area (Å²) in [4.78, 5) is 16.0. The normalized spacial score (nSPS) is 12.2. The first-order chi connectivity index (χ1) is 9.10. The molecule has 100 valence electrons. The van der Waals surface area contributed by atoms with Crippen molar-refractivity contribution in [2.24, 2.45) is 7.05 Å². The first kappa shape index (κ1) is 13.3. The van der Waals surface area contributed by atoms with Crippen LogP contribution in [-0.4, -0.2) is 22.5 Å². The summed E-state index contributed by atoms with van der Waals surface area (Å²) >= 11 is 0. The molecule has 2 aromatic rings. The van der Waals surface area contributed by atoms with E-state index in [0.717, 1.165) is 11.3 Å². The lowest BCUT2D eigenvalue weighted by Crippen LogP contribution is -2.14. The average molecular weight is 258 g/mol. The van der Waals surface area contributed by atoms with Crippen molar-refractivity contribution in [3.63, 3.8) is 0 Å². The van der Waals surface area contributed by atoms with E-state index in [1.165, 1.54) is 0 Å². The SMILES string of the molecule is CNC(C)c1cccc(NC(=O)c2cn(C)cn2)c1. The van der Waals surface area contributed by atoms with E-state index in [1.807, 2.05) is 38.4 Å². The van der Waals surface area contributed by atoms with Gasteiger partial charge >= 0.3 is 0 Å². The number of aryl methyl sites for hydroxylation is 1. The quantitative estimate of drug-likeness (QED) is 0.881. The van der Waals surface area contributed by atoms with E-state index < -0.39 is 0 Å². The van der Waals surface area contributed by atoms with Crippen molar-refractivity contribution in [3.8, 4) is 0 Å². The Morgan fingerprint density at radius 3 is 2.84 bits per heavy atom. The zero-order chi connectivity index (χ0) is 13.8. The number of imidazole rings is 1. The molecule has 0 bridgehead atoms. The molecule has 2 N–H and O–H groups in total. The van der Waals surface area contributed by atoms with Crippen molar-refractivity contribution in [1.29, 1.82) is 0 Å². The number of rotatable bonds is 4. The second-order valence-corrected chi connectivity index (χ2v) is 4.51. The number of hydrogen-bond donors (Lipinski definition) is 2. The Labute approximate surface area is 112 Å². The fraction of sp³-hybridized carbons (Fsp3) is 0.286. The largest absolute Gasteiger partial charge is 0.340 e. The molecule has 1 aromatic carbocycles. The van der Waals surface area contributed by atoms with Crippen molar-refractivity contribution in [2.75, 3.05) is 12.4 Å². The van der Waals surface area contributed by atoms with E-state index in [2.05, 4.69) is 22.5 Å². The summed E-state index contributed by atoms with van der Waals surface area (Å²) in [6, 6.07) is 8.02. The third-order valence-electron chi connectivity index (χ3n) is 3.02. The van der Waals surface area contributed by atoms with Crippen molar-refractivity contribution in [3.05, 3.63) is 48.0 Å². The molecule has 0 radical (unpaired) electrons. The summed E-state index contributed by atoms with van der Waals surface area (Å²) < 4.78 is 1.74. The van der Waals surface area contributed by atoms with Crippen LogP contribution in [0.5, 0.6) is 0 Å². The highest BCUT2D eigenvalue weighted by molar-refractivity contribution is 6.02. The lowest BCUT2D eigenvalue weighted by molar-refractivity contribution is 0.102. The number of carbonyl (C=O) groups is 1. The summed E-state index contributed by atoms with van der Waals surface area (Å²) in [5.41, 5.74) is 2.31. The molecule has 0 fully saturated rings. The molecule has 5 heteroatoms. The standard InChI is InChI=1S/C14H18N4O/c1-10(15-2)11-5-4-6-12(7-11)17-14(19)13-8-18(3)9-16-13/h4-10,15H,1-3H3,(H,17,19). The molecule has 1 aromatic heterocycles. The lowest BCUT2D eigenvalue weighted by Gasteiger charge is -2.12. The average Bonchev–Trinajstić information content (AvgIpc) is 2.85. The van der Waals surface area contributed by atoms with Gasteiger partial charge in [-0.3, -0.25) is 4.79 Å². The van der Waals surface area contributed by atoms with Gasteiger partial charge in [0, 0.05) is 25.0 Å². The second-order valence-electron chi connectivity index (χ2n) is 4.51. The zero-order valence-corrected chi connectivity index (χ0v) is 11.3. The van der Waals surface area contributed by atoms with Gasteiger partial charge in [-0.2, -0.15) is 0 Å². The number of nitrogens with one attached hydrogen (secondary N) is 2. The van der Waals surface area contributed by atoms with E-state index in [1.54, 1.807) is 17.1 Å². The molecule has 1 atom stereocenters. The minimum Gasteiger partial charge on any atom is -0.340 e. The highest BCUT2D eigenvalue weighted by Gasteiger charge is 2.10. The van der Waals surface area contributed by atoms with Gasteiger partial charge in [0.25, 0.3) is 5.91 Å². The summed E-state index contributed by atoms with van der Waals surface area (Å²) in [5.74, 6) is -0.199.